The highest BCUT2D eigenvalue weighted by Crippen LogP contribution is 2.56. The second-order valence-electron chi connectivity index (χ2n) is 8.63. The molecular formula is C18H29NO2. The van der Waals surface area contributed by atoms with Crippen molar-refractivity contribution in [3.63, 3.8) is 0 Å². The monoisotopic (exact) mass is 291 g/mol. The first-order chi connectivity index (χ1) is 10.1. The minimum atomic E-state index is -0.0468. The van der Waals surface area contributed by atoms with Gasteiger partial charge < -0.3 is 9.64 Å². The predicted octanol–water partition coefficient (Wildman–Crippen LogP) is 3.93. The lowest BCUT2D eigenvalue weighted by molar-refractivity contribution is -0.0440. The third-order valence-electron chi connectivity index (χ3n) is 6.54. The Hall–Kier alpha value is -0.730. The van der Waals surface area contributed by atoms with Crippen LogP contribution in [0.3, 0.4) is 0 Å². The number of nitrogens with zero attached hydrogens (tertiary/aromatic N) is 1. The summed E-state index contributed by atoms with van der Waals surface area (Å²) in [5.41, 5.74) is 0. The second-order valence-corrected chi connectivity index (χ2v) is 8.63. The summed E-state index contributed by atoms with van der Waals surface area (Å²) >= 11 is 0. The average molecular weight is 291 g/mol. The molecule has 0 radical (unpaired) electrons. The summed E-state index contributed by atoms with van der Waals surface area (Å²) in [6.07, 6.45) is 8.35. The lowest BCUT2D eigenvalue weighted by Gasteiger charge is -2.55. The fourth-order valence-corrected chi connectivity index (χ4v) is 5.96. The summed E-state index contributed by atoms with van der Waals surface area (Å²) in [6.45, 7) is 6.21. The number of amides is 1. The Morgan fingerprint density at radius 2 is 1.71 bits per heavy atom. The standard InChI is InChI=1S/C18H29NO2/c1-11(2)3-16-9-19(18(20)21-16)10-17-14-5-12-4-13(7-14)8-15(17)6-12/h11-17H,3-10H2,1-2H3. The molecule has 1 heterocycles. The van der Waals surface area contributed by atoms with Gasteiger partial charge in [0.15, 0.2) is 0 Å². The molecule has 0 aromatic carbocycles. The van der Waals surface area contributed by atoms with E-state index in [4.69, 9.17) is 4.74 Å². The third-order valence-corrected chi connectivity index (χ3v) is 6.54. The van der Waals surface area contributed by atoms with Crippen LogP contribution in [-0.4, -0.2) is 30.2 Å². The van der Waals surface area contributed by atoms with Crippen molar-refractivity contribution in [3.05, 3.63) is 0 Å². The molecule has 4 saturated carbocycles. The highest BCUT2D eigenvalue weighted by Gasteiger charge is 2.49. The van der Waals surface area contributed by atoms with Crippen molar-refractivity contribution in [3.8, 4) is 0 Å². The number of ether oxygens (including phenoxy) is 1. The van der Waals surface area contributed by atoms with Gasteiger partial charge in [-0.2, -0.15) is 0 Å². The van der Waals surface area contributed by atoms with Crippen molar-refractivity contribution in [2.24, 2.45) is 35.5 Å². The molecule has 5 fully saturated rings. The van der Waals surface area contributed by atoms with E-state index in [1.807, 2.05) is 4.90 Å². The topological polar surface area (TPSA) is 29.5 Å². The summed E-state index contributed by atoms with van der Waals surface area (Å²) in [7, 11) is 0. The zero-order valence-corrected chi connectivity index (χ0v) is 13.5. The van der Waals surface area contributed by atoms with Gasteiger partial charge in [0.25, 0.3) is 0 Å². The lowest BCUT2D eigenvalue weighted by atomic mass is 9.52. The van der Waals surface area contributed by atoms with Crippen molar-refractivity contribution >= 4 is 6.09 Å². The maximum absolute atomic E-state index is 12.1. The van der Waals surface area contributed by atoms with Gasteiger partial charge in [0, 0.05) is 6.54 Å². The van der Waals surface area contributed by atoms with Crippen LogP contribution in [0.2, 0.25) is 0 Å². The van der Waals surface area contributed by atoms with E-state index in [-0.39, 0.29) is 12.2 Å². The number of hydrogen-bond donors (Lipinski definition) is 0. The molecule has 4 aliphatic carbocycles. The van der Waals surface area contributed by atoms with Gasteiger partial charge in [0.05, 0.1) is 6.54 Å². The van der Waals surface area contributed by atoms with Crippen LogP contribution in [0.25, 0.3) is 0 Å². The number of cyclic esters (lactones) is 1. The van der Waals surface area contributed by atoms with Crippen LogP contribution < -0.4 is 0 Å². The van der Waals surface area contributed by atoms with Crippen molar-refractivity contribution in [2.75, 3.05) is 13.1 Å². The van der Waals surface area contributed by atoms with Gasteiger partial charge in [-0.05, 0) is 74.0 Å². The predicted molar refractivity (Wildman–Crippen MR) is 81.8 cm³/mol. The van der Waals surface area contributed by atoms with E-state index in [1.165, 1.54) is 32.1 Å². The third kappa shape index (κ3) is 2.57. The molecule has 5 rings (SSSR count). The molecule has 0 aromatic heterocycles. The largest absolute Gasteiger partial charge is 0.444 e. The van der Waals surface area contributed by atoms with E-state index in [0.29, 0.717) is 5.92 Å². The maximum atomic E-state index is 12.1. The van der Waals surface area contributed by atoms with Gasteiger partial charge in [-0.3, -0.25) is 0 Å². The first kappa shape index (κ1) is 13.9. The minimum absolute atomic E-state index is 0.0468. The SMILES string of the molecule is CC(C)CC1CN(CC2C3CC4CC(C3)CC2C4)C(=O)O1. The molecule has 1 aliphatic heterocycles. The van der Waals surface area contributed by atoms with Gasteiger partial charge in [-0.1, -0.05) is 13.8 Å². The molecule has 21 heavy (non-hydrogen) atoms. The summed E-state index contributed by atoms with van der Waals surface area (Å²) in [5, 5.41) is 0. The quantitative estimate of drug-likeness (QED) is 0.785. The molecule has 4 bridgehead atoms. The number of carbonyl (C=O) groups is 1. The van der Waals surface area contributed by atoms with Crippen LogP contribution in [-0.2, 0) is 4.74 Å². The van der Waals surface area contributed by atoms with Gasteiger partial charge in [0.1, 0.15) is 6.10 Å². The molecule has 0 spiro atoms. The Labute approximate surface area is 128 Å². The maximum Gasteiger partial charge on any atom is 0.410 e. The molecule has 118 valence electrons. The number of hydrogen-bond acceptors (Lipinski definition) is 2. The zero-order valence-electron chi connectivity index (χ0n) is 13.5. The summed E-state index contributed by atoms with van der Waals surface area (Å²) < 4.78 is 5.57. The van der Waals surface area contributed by atoms with Crippen molar-refractivity contribution in [1.82, 2.24) is 4.90 Å². The Bertz CT molecular complexity index is 391. The second kappa shape index (κ2) is 5.17. The van der Waals surface area contributed by atoms with E-state index in [0.717, 1.165) is 49.1 Å². The fraction of sp³-hybridized carbons (Fsp3) is 0.944. The first-order valence-corrected chi connectivity index (χ1v) is 9.04. The van der Waals surface area contributed by atoms with E-state index < -0.39 is 0 Å². The zero-order chi connectivity index (χ0) is 14.6. The molecule has 1 atom stereocenters. The van der Waals surface area contributed by atoms with Crippen LogP contribution in [0.15, 0.2) is 0 Å². The molecule has 0 N–H and O–H groups in total. The van der Waals surface area contributed by atoms with E-state index in [9.17, 15) is 4.79 Å². The van der Waals surface area contributed by atoms with E-state index in [2.05, 4.69) is 13.8 Å². The van der Waals surface area contributed by atoms with Crippen molar-refractivity contribution in [2.45, 2.75) is 58.5 Å². The minimum Gasteiger partial charge on any atom is -0.444 e. The van der Waals surface area contributed by atoms with E-state index >= 15 is 0 Å². The van der Waals surface area contributed by atoms with Gasteiger partial charge in [0.2, 0.25) is 0 Å². The molecule has 3 nitrogen and oxygen atoms in total. The van der Waals surface area contributed by atoms with Crippen LogP contribution >= 0.6 is 0 Å². The molecule has 1 amide bonds. The molecule has 1 unspecified atom stereocenters. The normalized spacial score (nSPS) is 44.7. The first-order valence-electron chi connectivity index (χ1n) is 9.04. The number of carbonyl (C=O) groups excluding carboxylic acids is 1. The summed E-state index contributed by atoms with van der Waals surface area (Å²) in [6, 6.07) is 0. The van der Waals surface area contributed by atoms with E-state index in [1.54, 1.807) is 0 Å². The van der Waals surface area contributed by atoms with Crippen LogP contribution in [0.1, 0.15) is 52.4 Å². The van der Waals surface area contributed by atoms with Gasteiger partial charge >= 0.3 is 6.09 Å². The van der Waals surface area contributed by atoms with Gasteiger partial charge in [-0.25, -0.2) is 4.79 Å². The average Bonchev–Trinajstić information content (AvgIpc) is 2.72. The summed E-state index contributed by atoms with van der Waals surface area (Å²) in [5.74, 6) is 5.20. The molecular weight excluding hydrogens is 262 g/mol. The highest BCUT2D eigenvalue weighted by molar-refractivity contribution is 5.69. The molecule has 0 aromatic rings. The van der Waals surface area contributed by atoms with Crippen LogP contribution in [0, 0.1) is 35.5 Å². The smallest absolute Gasteiger partial charge is 0.410 e. The molecule has 3 heteroatoms. The Balaban J connectivity index is 1.39. The van der Waals surface area contributed by atoms with Gasteiger partial charge in [-0.15, -0.1) is 0 Å². The van der Waals surface area contributed by atoms with Crippen molar-refractivity contribution < 1.29 is 9.53 Å². The molecule has 5 aliphatic rings. The summed E-state index contributed by atoms with van der Waals surface area (Å²) in [4.78, 5) is 14.2. The van der Waals surface area contributed by atoms with Crippen LogP contribution in [0.4, 0.5) is 4.79 Å². The Morgan fingerprint density at radius 1 is 1.10 bits per heavy atom. The van der Waals surface area contributed by atoms with Crippen molar-refractivity contribution in [1.29, 1.82) is 0 Å². The molecule has 1 saturated heterocycles. The Kier molecular flexibility index (Phi) is 3.42. The lowest BCUT2D eigenvalue weighted by Crippen LogP contribution is -2.49. The fourth-order valence-electron chi connectivity index (χ4n) is 5.96. The number of rotatable bonds is 4. The Morgan fingerprint density at radius 3 is 2.29 bits per heavy atom. The highest BCUT2D eigenvalue weighted by atomic mass is 16.6. The van der Waals surface area contributed by atoms with Crippen LogP contribution in [0.5, 0.6) is 0 Å².